The Morgan fingerprint density at radius 1 is 1.04 bits per heavy atom. The first kappa shape index (κ1) is 12.8. The van der Waals surface area contributed by atoms with E-state index in [1.54, 1.807) is 0 Å². The second kappa shape index (κ2) is 3.60. The Morgan fingerprint density at radius 2 is 1.78 bits per heavy atom. The second-order valence-corrected chi connectivity index (χ2v) is 7.98. The van der Waals surface area contributed by atoms with Crippen LogP contribution in [-0.4, -0.2) is 29.9 Å². The summed E-state index contributed by atoms with van der Waals surface area (Å²) < 4.78 is 11.5. The Kier molecular flexibility index (Phi) is 2.01. The van der Waals surface area contributed by atoms with Gasteiger partial charge in [0.2, 0.25) is 0 Å². The first-order valence-corrected chi connectivity index (χ1v) is 8.53. The number of rotatable bonds is 1. The van der Waals surface area contributed by atoms with E-state index in [2.05, 4.69) is 0 Å². The molecule has 3 aliphatic carbocycles. The lowest BCUT2D eigenvalue weighted by atomic mass is 9.64. The van der Waals surface area contributed by atoms with Crippen molar-refractivity contribution in [2.45, 2.75) is 44.2 Å². The maximum atomic E-state index is 13.3. The number of carbonyl (C=O) groups is 2. The fourth-order valence-electron chi connectivity index (χ4n) is 5.74. The molecule has 6 rings (SSSR count). The predicted octanol–water partition coefficient (Wildman–Crippen LogP) is 1.70. The number of ether oxygens (including phenoxy) is 2. The molecule has 2 aliphatic heterocycles. The Morgan fingerprint density at radius 3 is 2.52 bits per heavy atom. The van der Waals surface area contributed by atoms with E-state index in [1.807, 2.05) is 32.0 Å². The highest BCUT2D eigenvalue weighted by molar-refractivity contribution is 6.10. The maximum Gasteiger partial charge on any atom is 0.186 e. The van der Waals surface area contributed by atoms with Crippen molar-refractivity contribution >= 4 is 11.6 Å². The molecule has 4 nitrogen and oxygen atoms in total. The lowest BCUT2D eigenvalue weighted by Crippen LogP contribution is -2.50. The number of carbonyl (C=O) groups excluding carboxylic acids is 2. The first-order valence-electron chi connectivity index (χ1n) is 8.53. The van der Waals surface area contributed by atoms with E-state index in [-0.39, 0.29) is 47.4 Å². The molecular formula is C19H18O4. The SMILES string of the molecule is Cc1ccc([C@]23O[C@H]2C(=O)[C@@H]2[C@@H]4C[C@H]([C@H]5O[C@H]45)[C@@H]2C3=O)cc1C. The molecule has 5 aliphatic rings. The van der Waals surface area contributed by atoms with E-state index in [0.29, 0.717) is 0 Å². The summed E-state index contributed by atoms with van der Waals surface area (Å²) >= 11 is 0. The van der Waals surface area contributed by atoms with Crippen LogP contribution in [0.3, 0.4) is 0 Å². The molecule has 4 heteroatoms. The highest BCUT2D eigenvalue weighted by Crippen LogP contribution is 2.68. The number of epoxide rings is 2. The van der Waals surface area contributed by atoms with Crippen LogP contribution in [0.5, 0.6) is 0 Å². The minimum Gasteiger partial charge on any atom is -0.369 e. The lowest BCUT2D eigenvalue weighted by molar-refractivity contribution is -0.140. The van der Waals surface area contributed by atoms with E-state index in [9.17, 15) is 9.59 Å². The molecule has 0 unspecified atom stereocenters. The van der Waals surface area contributed by atoms with Crippen molar-refractivity contribution in [1.82, 2.24) is 0 Å². The monoisotopic (exact) mass is 310 g/mol. The van der Waals surface area contributed by atoms with Crippen molar-refractivity contribution in [3.05, 3.63) is 34.9 Å². The number of hydrogen-bond donors (Lipinski definition) is 0. The third-order valence-corrected chi connectivity index (χ3v) is 7.07. The van der Waals surface area contributed by atoms with E-state index in [4.69, 9.17) is 9.47 Å². The summed E-state index contributed by atoms with van der Waals surface area (Å²) in [6.45, 7) is 4.08. The zero-order valence-corrected chi connectivity index (χ0v) is 13.1. The molecule has 0 amide bonds. The van der Waals surface area contributed by atoms with E-state index in [0.717, 1.165) is 17.5 Å². The topological polar surface area (TPSA) is 59.2 Å². The molecule has 3 saturated carbocycles. The van der Waals surface area contributed by atoms with Gasteiger partial charge in [0.15, 0.2) is 23.3 Å². The van der Waals surface area contributed by atoms with Gasteiger partial charge in [-0.25, -0.2) is 0 Å². The average molecular weight is 310 g/mol. The molecule has 1 aromatic carbocycles. The van der Waals surface area contributed by atoms with Gasteiger partial charge in [-0.3, -0.25) is 9.59 Å². The van der Waals surface area contributed by atoms with Crippen LogP contribution in [0, 0.1) is 37.5 Å². The van der Waals surface area contributed by atoms with E-state index < -0.39 is 11.7 Å². The van der Waals surface area contributed by atoms with Crippen LogP contribution >= 0.6 is 0 Å². The highest BCUT2D eigenvalue weighted by atomic mass is 16.6. The molecule has 0 aromatic heterocycles. The van der Waals surface area contributed by atoms with Crippen molar-refractivity contribution in [2.24, 2.45) is 23.7 Å². The minimum absolute atomic E-state index is 0.136. The van der Waals surface area contributed by atoms with Gasteiger partial charge in [0.25, 0.3) is 0 Å². The number of hydrogen-bond acceptors (Lipinski definition) is 4. The summed E-state index contributed by atoms with van der Waals surface area (Å²) in [6, 6.07) is 5.99. The van der Waals surface area contributed by atoms with Gasteiger partial charge in [0.05, 0.1) is 12.2 Å². The minimum atomic E-state index is -0.994. The molecule has 0 N–H and O–H groups in total. The molecule has 1 aromatic rings. The standard InChI is InChI=1S/C19H18O4/c1-7-3-4-9(5-8(7)2)19-17(21)13-11-6-10(15-16(11)22-15)12(13)14(20)18(19)23-19/h3-5,10-13,15-16,18H,6H2,1-2H3/t10-,11-,12+,13-,15+,16+,18-,19+/m0/s1. The number of Topliss-reactive ketones (excluding diaryl/α,β-unsaturated/α-hetero) is 2. The Balaban J connectivity index is 1.47. The molecule has 0 spiro atoms. The molecule has 2 bridgehead atoms. The average Bonchev–Trinajstić information content (AvgIpc) is 3.43. The molecule has 23 heavy (non-hydrogen) atoms. The molecule has 5 fully saturated rings. The largest absolute Gasteiger partial charge is 0.369 e. The summed E-state index contributed by atoms with van der Waals surface area (Å²) in [5, 5.41) is 0. The van der Waals surface area contributed by atoms with Gasteiger partial charge in [0.1, 0.15) is 0 Å². The van der Waals surface area contributed by atoms with Gasteiger partial charge in [-0.1, -0.05) is 18.2 Å². The molecule has 2 saturated heterocycles. The maximum absolute atomic E-state index is 13.3. The van der Waals surface area contributed by atoms with Gasteiger partial charge in [-0.2, -0.15) is 0 Å². The smallest absolute Gasteiger partial charge is 0.186 e. The summed E-state index contributed by atoms with van der Waals surface area (Å²) in [4.78, 5) is 26.3. The fourth-order valence-corrected chi connectivity index (χ4v) is 5.74. The zero-order chi connectivity index (χ0) is 15.7. The van der Waals surface area contributed by atoms with Crippen molar-refractivity contribution in [3.8, 4) is 0 Å². The molecule has 0 radical (unpaired) electrons. The number of benzene rings is 1. The number of fused-ring (bicyclic) bond motifs is 9. The summed E-state index contributed by atoms with van der Waals surface area (Å²) in [5.74, 6) is 0.444. The third-order valence-electron chi connectivity index (χ3n) is 7.07. The molecule has 118 valence electrons. The summed E-state index contributed by atoms with van der Waals surface area (Å²) in [7, 11) is 0. The second-order valence-electron chi connectivity index (χ2n) is 7.98. The number of ketones is 2. The van der Waals surface area contributed by atoms with Crippen LogP contribution < -0.4 is 0 Å². The highest BCUT2D eigenvalue weighted by Gasteiger charge is 2.81. The first-order chi connectivity index (χ1) is 11.0. The van der Waals surface area contributed by atoms with Crippen molar-refractivity contribution in [3.63, 3.8) is 0 Å². The fraction of sp³-hybridized carbons (Fsp3) is 0.579. The third kappa shape index (κ3) is 1.26. The van der Waals surface area contributed by atoms with Gasteiger partial charge in [-0.15, -0.1) is 0 Å². The van der Waals surface area contributed by atoms with Crippen molar-refractivity contribution in [2.75, 3.05) is 0 Å². The molecular weight excluding hydrogens is 292 g/mol. The summed E-state index contributed by atoms with van der Waals surface area (Å²) in [5.41, 5.74) is 2.18. The van der Waals surface area contributed by atoms with Crippen molar-refractivity contribution < 1.29 is 19.1 Å². The summed E-state index contributed by atoms with van der Waals surface area (Å²) in [6.07, 6.45) is 0.892. The Bertz CT molecular complexity index is 799. The van der Waals surface area contributed by atoms with E-state index >= 15 is 0 Å². The van der Waals surface area contributed by atoms with Crippen LogP contribution in [-0.2, 0) is 24.7 Å². The van der Waals surface area contributed by atoms with Crippen LogP contribution in [0.4, 0.5) is 0 Å². The number of aryl methyl sites for hydroxylation is 2. The van der Waals surface area contributed by atoms with Crippen molar-refractivity contribution in [1.29, 1.82) is 0 Å². The van der Waals surface area contributed by atoms with Gasteiger partial charge < -0.3 is 9.47 Å². The van der Waals surface area contributed by atoms with Gasteiger partial charge in [0, 0.05) is 11.8 Å². The van der Waals surface area contributed by atoms with Gasteiger partial charge in [-0.05, 0) is 48.8 Å². The lowest BCUT2D eigenvalue weighted by Gasteiger charge is -2.32. The van der Waals surface area contributed by atoms with Crippen LogP contribution in [0.2, 0.25) is 0 Å². The van der Waals surface area contributed by atoms with E-state index in [1.165, 1.54) is 5.56 Å². The zero-order valence-electron chi connectivity index (χ0n) is 13.1. The molecule has 2 heterocycles. The van der Waals surface area contributed by atoms with Gasteiger partial charge >= 0.3 is 0 Å². The van der Waals surface area contributed by atoms with Crippen LogP contribution in [0.1, 0.15) is 23.1 Å². The molecule has 8 atom stereocenters. The normalized spacial score (nSPS) is 51.3. The van der Waals surface area contributed by atoms with Crippen LogP contribution in [0.15, 0.2) is 18.2 Å². The Hall–Kier alpha value is -1.52. The Labute approximate surface area is 134 Å². The predicted molar refractivity (Wildman–Crippen MR) is 79.7 cm³/mol. The van der Waals surface area contributed by atoms with Crippen LogP contribution in [0.25, 0.3) is 0 Å². The quantitative estimate of drug-likeness (QED) is 0.741.